The third-order valence-corrected chi connectivity index (χ3v) is 3.37. The van der Waals surface area contributed by atoms with Crippen LogP contribution in [-0.4, -0.2) is 8.42 Å². The first-order valence-corrected chi connectivity index (χ1v) is 6.29. The smallest absolute Gasteiger partial charge is 0.213 e. The Morgan fingerprint density at radius 2 is 1.64 bits per heavy atom. The maximum Gasteiger partial charge on any atom is 0.213 e. The molecule has 0 saturated carbocycles. The predicted octanol–water partition coefficient (Wildman–Crippen LogP) is 2.44. The van der Waals surface area contributed by atoms with Crippen molar-refractivity contribution in [2.75, 3.05) is 0 Å². The van der Waals surface area contributed by atoms with Crippen LogP contribution in [0.15, 0.2) is 12.1 Å². The summed E-state index contributed by atoms with van der Waals surface area (Å²) >= 11 is 17.2. The van der Waals surface area contributed by atoms with Crippen molar-refractivity contribution in [3.8, 4) is 0 Å². The molecule has 0 aliphatic carbocycles. The van der Waals surface area contributed by atoms with Crippen molar-refractivity contribution >= 4 is 44.8 Å². The zero-order chi connectivity index (χ0) is 10.9. The van der Waals surface area contributed by atoms with Crippen molar-refractivity contribution in [1.29, 1.82) is 0 Å². The Hall–Kier alpha value is -0.000000000000000111. The number of rotatable bonds is 2. The summed E-state index contributed by atoms with van der Waals surface area (Å²) in [6.45, 7) is 0. The topological polar surface area (TPSA) is 60.2 Å². The molecular weight excluding hydrogens is 269 g/mol. The number of nitrogens with two attached hydrogens (primary N) is 1. The predicted molar refractivity (Wildman–Crippen MR) is 58.3 cm³/mol. The molecule has 0 unspecified atom stereocenters. The second-order valence-corrected chi connectivity index (χ2v) is 5.44. The van der Waals surface area contributed by atoms with E-state index >= 15 is 0 Å². The second-order valence-electron chi connectivity index (χ2n) is 2.63. The minimum Gasteiger partial charge on any atom is -0.228 e. The van der Waals surface area contributed by atoms with E-state index < -0.39 is 15.8 Å². The van der Waals surface area contributed by atoms with Gasteiger partial charge in [-0.15, -0.1) is 0 Å². The van der Waals surface area contributed by atoms with Crippen molar-refractivity contribution in [2.45, 2.75) is 5.75 Å². The van der Waals surface area contributed by atoms with Gasteiger partial charge in [-0.25, -0.2) is 13.6 Å². The molecule has 1 rings (SSSR count). The highest BCUT2D eigenvalue weighted by molar-refractivity contribution is 7.88. The molecule has 0 amide bonds. The van der Waals surface area contributed by atoms with Crippen molar-refractivity contribution in [3.05, 3.63) is 32.8 Å². The van der Waals surface area contributed by atoms with E-state index in [-0.39, 0.29) is 20.6 Å². The van der Waals surface area contributed by atoms with Gasteiger partial charge in [-0.1, -0.05) is 34.8 Å². The van der Waals surface area contributed by atoms with Gasteiger partial charge in [0.2, 0.25) is 10.0 Å². The van der Waals surface area contributed by atoms with Crippen LogP contribution in [0, 0.1) is 0 Å². The second kappa shape index (κ2) is 4.24. The molecule has 0 aliphatic rings. The lowest BCUT2D eigenvalue weighted by molar-refractivity contribution is 0.597. The molecule has 1 aromatic carbocycles. The average Bonchev–Trinajstić information content (AvgIpc) is 2.04. The Kier molecular flexibility index (Phi) is 3.66. The molecule has 7 heteroatoms. The largest absolute Gasteiger partial charge is 0.228 e. The molecule has 0 spiro atoms. The number of benzene rings is 1. The Labute approximate surface area is 96.8 Å². The van der Waals surface area contributed by atoms with Crippen LogP contribution in [0.4, 0.5) is 0 Å². The van der Waals surface area contributed by atoms with Gasteiger partial charge in [0.05, 0.1) is 15.8 Å². The first-order chi connectivity index (χ1) is 6.31. The minimum atomic E-state index is -3.67. The Morgan fingerprint density at radius 3 is 2.14 bits per heavy atom. The van der Waals surface area contributed by atoms with Crippen molar-refractivity contribution in [1.82, 2.24) is 0 Å². The fourth-order valence-corrected chi connectivity index (χ4v) is 2.44. The highest BCUT2D eigenvalue weighted by Crippen LogP contribution is 2.32. The van der Waals surface area contributed by atoms with Crippen LogP contribution < -0.4 is 5.14 Å². The maximum atomic E-state index is 10.8. The molecule has 0 atom stereocenters. The van der Waals surface area contributed by atoms with Gasteiger partial charge < -0.3 is 0 Å². The molecule has 0 saturated heterocycles. The number of primary sulfonamides is 1. The quantitative estimate of drug-likeness (QED) is 0.842. The monoisotopic (exact) mass is 273 g/mol. The van der Waals surface area contributed by atoms with Crippen LogP contribution in [0.25, 0.3) is 0 Å². The van der Waals surface area contributed by atoms with Crippen molar-refractivity contribution in [2.24, 2.45) is 5.14 Å². The van der Waals surface area contributed by atoms with E-state index in [1.54, 1.807) is 0 Å². The van der Waals surface area contributed by atoms with Crippen LogP contribution in [0.5, 0.6) is 0 Å². The molecule has 0 aromatic heterocycles. The molecule has 0 heterocycles. The molecule has 0 fully saturated rings. The number of halogens is 3. The molecule has 14 heavy (non-hydrogen) atoms. The van der Waals surface area contributed by atoms with Crippen LogP contribution >= 0.6 is 34.8 Å². The summed E-state index contributed by atoms with van der Waals surface area (Å²) in [7, 11) is -3.67. The zero-order valence-electron chi connectivity index (χ0n) is 6.80. The molecule has 78 valence electrons. The van der Waals surface area contributed by atoms with E-state index in [1.165, 1.54) is 12.1 Å². The van der Waals surface area contributed by atoms with Crippen LogP contribution in [-0.2, 0) is 15.8 Å². The van der Waals surface area contributed by atoms with Gasteiger partial charge in [-0.2, -0.15) is 0 Å². The molecule has 2 N–H and O–H groups in total. The summed E-state index contributed by atoms with van der Waals surface area (Å²) in [6.07, 6.45) is 0. The molecule has 3 nitrogen and oxygen atoms in total. The summed E-state index contributed by atoms with van der Waals surface area (Å²) in [5.41, 5.74) is 0.225. The molecule has 0 bridgehead atoms. The fourth-order valence-electron chi connectivity index (χ4n) is 0.903. The number of hydrogen-bond donors (Lipinski definition) is 1. The van der Waals surface area contributed by atoms with Crippen LogP contribution in [0.3, 0.4) is 0 Å². The van der Waals surface area contributed by atoms with Gasteiger partial charge >= 0.3 is 0 Å². The zero-order valence-corrected chi connectivity index (χ0v) is 9.88. The van der Waals surface area contributed by atoms with E-state index in [0.717, 1.165) is 0 Å². The number of hydrogen-bond acceptors (Lipinski definition) is 2. The lowest BCUT2D eigenvalue weighted by atomic mass is 10.2. The van der Waals surface area contributed by atoms with Gasteiger partial charge in [0.25, 0.3) is 0 Å². The normalized spacial score (nSPS) is 11.7. The van der Waals surface area contributed by atoms with Gasteiger partial charge in [0.1, 0.15) is 0 Å². The minimum absolute atomic E-state index is 0.119. The maximum absolute atomic E-state index is 10.8. The lowest BCUT2D eigenvalue weighted by Gasteiger charge is -2.06. The third-order valence-electron chi connectivity index (χ3n) is 1.48. The van der Waals surface area contributed by atoms with E-state index in [9.17, 15) is 8.42 Å². The first-order valence-electron chi connectivity index (χ1n) is 3.44. The van der Waals surface area contributed by atoms with Gasteiger partial charge in [0.15, 0.2) is 0 Å². The summed E-state index contributed by atoms with van der Waals surface area (Å²) in [4.78, 5) is 0. The highest BCUT2D eigenvalue weighted by Gasteiger charge is 2.14. The van der Waals surface area contributed by atoms with Gasteiger partial charge in [-0.05, 0) is 12.1 Å². The van der Waals surface area contributed by atoms with E-state index in [0.29, 0.717) is 0 Å². The third kappa shape index (κ3) is 3.00. The standard InChI is InChI=1S/C7H6Cl3NO2S/c8-5-1-2-6(9)7(10)4(5)3-14(11,12)13/h1-2H,3H2,(H2,11,12,13). The van der Waals surface area contributed by atoms with Crippen molar-refractivity contribution < 1.29 is 8.42 Å². The molecule has 1 aromatic rings. The Morgan fingerprint density at radius 1 is 1.14 bits per heavy atom. The highest BCUT2D eigenvalue weighted by atomic mass is 35.5. The number of sulfonamides is 1. The molecular formula is C7H6Cl3NO2S. The van der Waals surface area contributed by atoms with Crippen LogP contribution in [0.1, 0.15) is 5.56 Å². The average molecular weight is 275 g/mol. The Balaban J connectivity index is 3.27. The first kappa shape index (κ1) is 12.1. The molecule has 0 aliphatic heterocycles. The van der Waals surface area contributed by atoms with Crippen molar-refractivity contribution in [3.63, 3.8) is 0 Å². The summed E-state index contributed by atoms with van der Waals surface area (Å²) in [5, 5.41) is 5.46. The van der Waals surface area contributed by atoms with E-state index in [4.69, 9.17) is 39.9 Å². The fraction of sp³-hybridized carbons (Fsp3) is 0.143. The van der Waals surface area contributed by atoms with Gasteiger partial charge in [-0.3, -0.25) is 0 Å². The summed E-state index contributed by atoms with van der Waals surface area (Å²) in [6, 6.07) is 2.95. The Bertz CT molecular complexity index is 458. The van der Waals surface area contributed by atoms with E-state index in [2.05, 4.69) is 0 Å². The van der Waals surface area contributed by atoms with E-state index in [1.807, 2.05) is 0 Å². The summed E-state index contributed by atoms with van der Waals surface area (Å²) in [5.74, 6) is -0.425. The molecule has 0 radical (unpaired) electrons. The SMILES string of the molecule is NS(=O)(=O)Cc1c(Cl)ccc(Cl)c1Cl. The summed E-state index contributed by atoms with van der Waals surface area (Å²) < 4.78 is 21.7. The lowest BCUT2D eigenvalue weighted by Crippen LogP contribution is -2.15. The van der Waals surface area contributed by atoms with Crippen LogP contribution in [0.2, 0.25) is 15.1 Å². The van der Waals surface area contributed by atoms with Gasteiger partial charge in [0, 0.05) is 10.6 Å².